The first-order valence-electron chi connectivity index (χ1n) is 7.05. The smallest absolute Gasteiger partial charge is 0.240 e. The van der Waals surface area contributed by atoms with E-state index in [2.05, 4.69) is 31.8 Å². The van der Waals surface area contributed by atoms with E-state index in [1.54, 1.807) is 17.6 Å². The quantitative estimate of drug-likeness (QED) is 0.555. The molecule has 2 rings (SSSR count). The van der Waals surface area contributed by atoms with Crippen molar-refractivity contribution in [3.63, 3.8) is 0 Å². The largest absolute Gasteiger partial charge is 0.325 e. The lowest BCUT2D eigenvalue weighted by molar-refractivity contribution is -0.121. The van der Waals surface area contributed by atoms with E-state index in [4.69, 9.17) is 0 Å². The predicted molar refractivity (Wildman–Crippen MR) is 96.7 cm³/mol. The van der Waals surface area contributed by atoms with Gasteiger partial charge in [-0.15, -0.1) is 11.3 Å². The Morgan fingerprint density at radius 2 is 1.91 bits per heavy atom. The third-order valence-electron chi connectivity index (χ3n) is 2.88. The maximum absolute atomic E-state index is 11.8. The highest BCUT2D eigenvalue weighted by molar-refractivity contribution is 9.10. The van der Waals surface area contributed by atoms with Gasteiger partial charge in [0.25, 0.3) is 0 Å². The van der Waals surface area contributed by atoms with Crippen LogP contribution in [0.4, 0.5) is 5.69 Å². The zero-order valence-electron chi connectivity index (χ0n) is 12.3. The summed E-state index contributed by atoms with van der Waals surface area (Å²) in [5.74, 6) is -0.321. The number of nitrogens with zero attached hydrogens (tertiary/aromatic N) is 1. The highest BCUT2D eigenvalue weighted by atomic mass is 79.9. The van der Waals surface area contributed by atoms with Crippen molar-refractivity contribution < 1.29 is 9.59 Å². The summed E-state index contributed by atoms with van der Waals surface area (Å²) in [6, 6.07) is 11.2. The molecule has 0 saturated carbocycles. The van der Waals surface area contributed by atoms with Crippen LogP contribution in [0, 0.1) is 0 Å². The van der Waals surface area contributed by atoms with Crippen LogP contribution in [0.3, 0.4) is 0 Å². The number of para-hydroxylation sites is 1. The summed E-state index contributed by atoms with van der Waals surface area (Å²) in [6.45, 7) is 0. The number of hydrogen-bond donors (Lipinski definition) is 2. The van der Waals surface area contributed by atoms with Gasteiger partial charge in [-0.25, -0.2) is 5.43 Å². The van der Waals surface area contributed by atoms with Gasteiger partial charge in [-0.05, 0) is 45.9 Å². The molecule has 0 aliphatic heterocycles. The Morgan fingerprint density at radius 1 is 1.13 bits per heavy atom. The number of halogens is 1. The van der Waals surface area contributed by atoms with E-state index in [1.165, 1.54) is 0 Å². The minimum Gasteiger partial charge on any atom is -0.325 e. The van der Waals surface area contributed by atoms with Gasteiger partial charge in [-0.2, -0.15) is 5.10 Å². The van der Waals surface area contributed by atoms with Gasteiger partial charge in [0, 0.05) is 22.2 Å². The molecule has 1 aromatic carbocycles. The Hall–Kier alpha value is -1.99. The van der Waals surface area contributed by atoms with Crippen molar-refractivity contribution in [1.29, 1.82) is 0 Å². The van der Waals surface area contributed by atoms with Crippen molar-refractivity contribution in [2.45, 2.75) is 19.3 Å². The minimum absolute atomic E-state index is 0.119. The normalized spacial score (nSPS) is 10.7. The molecule has 0 fully saturated rings. The zero-order valence-corrected chi connectivity index (χ0v) is 14.7. The number of hydrogen-bond acceptors (Lipinski definition) is 4. The summed E-state index contributed by atoms with van der Waals surface area (Å²) in [4.78, 5) is 24.4. The van der Waals surface area contributed by atoms with Crippen LogP contribution in [0.25, 0.3) is 0 Å². The first-order valence-corrected chi connectivity index (χ1v) is 8.72. The van der Waals surface area contributed by atoms with Crippen molar-refractivity contribution in [1.82, 2.24) is 5.43 Å². The van der Waals surface area contributed by atoms with Gasteiger partial charge in [0.1, 0.15) is 0 Å². The highest BCUT2D eigenvalue weighted by Crippen LogP contribution is 2.21. The molecule has 2 N–H and O–H groups in total. The van der Waals surface area contributed by atoms with Gasteiger partial charge in [-0.3, -0.25) is 9.59 Å². The van der Waals surface area contributed by atoms with Crippen LogP contribution < -0.4 is 10.7 Å². The van der Waals surface area contributed by atoms with Gasteiger partial charge < -0.3 is 5.32 Å². The van der Waals surface area contributed by atoms with E-state index in [-0.39, 0.29) is 24.7 Å². The van der Waals surface area contributed by atoms with E-state index >= 15 is 0 Å². The molecule has 0 saturated heterocycles. The topological polar surface area (TPSA) is 70.6 Å². The Labute approximate surface area is 146 Å². The van der Waals surface area contributed by atoms with Crippen LogP contribution >= 0.6 is 27.3 Å². The molecule has 0 spiro atoms. The third-order valence-corrected chi connectivity index (χ3v) is 4.38. The molecule has 5 nitrogen and oxygen atoms in total. The molecule has 2 amide bonds. The van der Waals surface area contributed by atoms with Crippen LogP contribution in [0.2, 0.25) is 0 Å². The van der Waals surface area contributed by atoms with Crippen molar-refractivity contribution in [2.24, 2.45) is 5.10 Å². The average Bonchev–Trinajstić information content (AvgIpc) is 3.03. The maximum Gasteiger partial charge on any atom is 0.240 e. The summed E-state index contributed by atoms with van der Waals surface area (Å²) < 4.78 is 0.828. The maximum atomic E-state index is 11.8. The average molecular weight is 394 g/mol. The second-order valence-corrected chi connectivity index (χ2v) is 6.52. The molecule has 0 radical (unpaired) electrons. The molecule has 0 unspecified atom stereocenters. The second-order valence-electron chi connectivity index (χ2n) is 4.69. The standard InChI is InChI=1S/C16H16BrN3O2S/c17-13-6-1-2-7-14(13)19-15(21)8-3-9-16(22)20-18-11-12-5-4-10-23-12/h1-2,4-7,10-11H,3,8-9H2,(H,19,21)(H,20,22)/b18-11+. The van der Waals surface area contributed by atoms with Crippen molar-refractivity contribution in [3.05, 3.63) is 51.1 Å². The summed E-state index contributed by atoms with van der Waals surface area (Å²) in [6.07, 6.45) is 2.60. The Bertz CT molecular complexity index is 686. The van der Waals surface area contributed by atoms with E-state index in [0.29, 0.717) is 6.42 Å². The molecule has 23 heavy (non-hydrogen) atoms. The molecule has 1 aromatic heterocycles. The van der Waals surface area contributed by atoms with Gasteiger partial charge in [0.2, 0.25) is 11.8 Å². The highest BCUT2D eigenvalue weighted by Gasteiger charge is 2.06. The number of nitrogens with one attached hydrogen (secondary N) is 2. The second kappa shape index (κ2) is 9.22. The van der Waals surface area contributed by atoms with Crippen molar-refractivity contribution in [3.8, 4) is 0 Å². The van der Waals surface area contributed by atoms with Crippen LogP contribution in [-0.4, -0.2) is 18.0 Å². The third kappa shape index (κ3) is 6.33. The van der Waals surface area contributed by atoms with E-state index in [9.17, 15) is 9.59 Å². The fourth-order valence-corrected chi connectivity index (χ4v) is 2.74. The lowest BCUT2D eigenvalue weighted by Crippen LogP contribution is -2.18. The van der Waals surface area contributed by atoms with Gasteiger partial charge >= 0.3 is 0 Å². The minimum atomic E-state index is -0.202. The Morgan fingerprint density at radius 3 is 2.65 bits per heavy atom. The molecule has 0 atom stereocenters. The fourth-order valence-electron chi connectivity index (χ4n) is 1.77. The number of rotatable bonds is 7. The molecule has 120 valence electrons. The first kappa shape index (κ1) is 17.4. The zero-order chi connectivity index (χ0) is 16.5. The summed E-state index contributed by atoms with van der Waals surface area (Å²) >= 11 is 4.91. The molecule has 0 aliphatic carbocycles. The van der Waals surface area contributed by atoms with Crippen LogP contribution in [-0.2, 0) is 9.59 Å². The number of anilines is 1. The van der Waals surface area contributed by atoms with E-state index in [1.807, 2.05) is 41.8 Å². The molecule has 0 aliphatic rings. The van der Waals surface area contributed by atoms with E-state index < -0.39 is 0 Å². The molecular weight excluding hydrogens is 378 g/mol. The molecule has 2 aromatic rings. The number of amides is 2. The van der Waals surface area contributed by atoms with Crippen LogP contribution in [0.1, 0.15) is 24.1 Å². The van der Waals surface area contributed by atoms with E-state index in [0.717, 1.165) is 15.0 Å². The first-order chi connectivity index (χ1) is 11.1. The monoisotopic (exact) mass is 393 g/mol. The number of benzene rings is 1. The molecule has 0 bridgehead atoms. The Kier molecular flexibility index (Phi) is 6.96. The number of thiophene rings is 1. The van der Waals surface area contributed by atoms with Gasteiger partial charge in [0.05, 0.1) is 11.9 Å². The lowest BCUT2D eigenvalue weighted by Gasteiger charge is -2.06. The lowest BCUT2D eigenvalue weighted by atomic mass is 10.2. The number of carbonyl (C=O) groups excluding carboxylic acids is 2. The van der Waals surface area contributed by atoms with Crippen LogP contribution in [0.15, 0.2) is 51.4 Å². The number of hydrazone groups is 1. The van der Waals surface area contributed by atoms with Gasteiger partial charge in [-0.1, -0.05) is 18.2 Å². The van der Waals surface area contributed by atoms with Crippen molar-refractivity contribution >= 4 is 51.0 Å². The Balaban J connectivity index is 1.65. The predicted octanol–water partition coefficient (Wildman–Crippen LogP) is 3.77. The molecular formula is C16H16BrN3O2S. The summed E-state index contributed by atoms with van der Waals surface area (Å²) in [7, 11) is 0. The van der Waals surface area contributed by atoms with Crippen molar-refractivity contribution in [2.75, 3.05) is 5.32 Å². The molecule has 1 heterocycles. The fraction of sp³-hybridized carbons (Fsp3) is 0.188. The summed E-state index contributed by atoms with van der Waals surface area (Å²) in [5, 5.41) is 8.61. The number of carbonyl (C=O) groups is 2. The SMILES string of the molecule is O=C(CCCC(=O)Nc1ccccc1Br)N/N=C/c1cccs1. The molecule has 7 heteroatoms. The summed E-state index contributed by atoms with van der Waals surface area (Å²) in [5.41, 5.74) is 3.18. The van der Waals surface area contributed by atoms with Crippen LogP contribution in [0.5, 0.6) is 0 Å². The van der Waals surface area contributed by atoms with Gasteiger partial charge in [0.15, 0.2) is 0 Å².